The largest absolute Gasteiger partial charge is 0.379 e. The van der Waals surface area contributed by atoms with Gasteiger partial charge < -0.3 is 19.7 Å². The van der Waals surface area contributed by atoms with Gasteiger partial charge in [-0.15, -0.1) is 6.58 Å². The standard InChI is InChI=1S/C17H26N2O4/c1-14(2)7-10-22-12-13-23-11-8-18-16(20)6-9-19-15(3)4-5-17(19)21/h4-5H,1,3,6-13H2,2H3,(H,18,20). The first-order chi connectivity index (χ1) is 11.0. The molecule has 0 atom stereocenters. The molecule has 0 radical (unpaired) electrons. The maximum absolute atomic E-state index is 11.7. The zero-order chi connectivity index (χ0) is 17.1. The number of nitrogens with zero attached hydrogens (tertiary/aromatic N) is 1. The van der Waals surface area contributed by atoms with Crippen molar-refractivity contribution in [3.63, 3.8) is 0 Å². The van der Waals surface area contributed by atoms with Crippen molar-refractivity contribution >= 4 is 11.8 Å². The molecule has 0 aliphatic carbocycles. The van der Waals surface area contributed by atoms with E-state index in [-0.39, 0.29) is 18.2 Å². The van der Waals surface area contributed by atoms with Crippen LogP contribution in [-0.2, 0) is 19.1 Å². The third-order valence-corrected chi connectivity index (χ3v) is 3.21. The molecule has 6 heteroatoms. The molecule has 128 valence electrons. The van der Waals surface area contributed by atoms with Crippen molar-refractivity contribution in [2.24, 2.45) is 0 Å². The van der Waals surface area contributed by atoms with E-state index < -0.39 is 0 Å². The Balaban J connectivity index is 1.93. The molecule has 0 saturated carbocycles. The first-order valence-electron chi connectivity index (χ1n) is 7.75. The molecule has 0 spiro atoms. The van der Waals surface area contributed by atoms with Crippen LogP contribution in [0.5, 0.6) is 0 Å². The predicted molar refractivity (Wildman–Crippen MR) is 88.7 cm³/mol. The molecule has 1 rings (SSSR count). The van der Waals surface area contributed by atoms with Gasteiger partial charge in [0.25, 0.3) is 5.91 Å². The highest BCUT2D eigenvalue weighted by Crippen LogP contribution is 2.12. The molecule has 0 saturated heterocycles. The minimum Gasteiger partial charge on any atom is -0.379 e. The highest BCUT2D eigenvalue weighted by atomic mass is 16.5. The lowest BCUT2D eigenvalue weighted by molar-refractivity contribution is -0.124. The number of amides is 2. The summed E-state index contributed by atoms with van der Waals surface area (Å²) >= 11 is 0. The lowest BCUT2D eigenvalue weighted by Crippen LogP contribution is -2.32. The molecule has 0 aromatic rings. The Kier molecular flexibility index (Phi) is 8.94. The van der Waals surface area contributed by atoms with Gasteiger partial charge in [0, 0.05) is 31.3 Å². The van der Waals surface area contributed by atoms with Gasteiger partial charge in [0.2, 0.25) is 5.91 Å². The summed E-state index contributed by atoms with van der Waals surface area (Å²) in [6.07, 6.45) is 4.20. The fourth-order valence-electron chi connectivity index (χ4n) is 1.88. The lowest BCUT2D eigenvalue weighted by Gasteiger charge is -2.16. The number of ether oxygens (including phenoxy) is 2. The molecular weight excluding hydrogens is 296 g/mol. The third kappa shape index (κ3) is 8.32. The highest BCUT2D eigenvalue weighted by molar-refractivity contribution is 5.93. The summed E-state index contributed by atoms with van der Waals surface area (Å²) in [6, 6.07) is 0. The van der Waals surface area contributed by atoms with Gasteiger partial charge in [0.05, 0.1) is 26.4 Å². The van der Waals surface area contributed by atoms with Crippen LogP contribution in [-0.4, -0.2) is 56.2 Å². The van der Waals surface area contributed by atoms with Crippen molar-refractivity contribution in [3.8, 4) is 0 Å². The van der Waals surface area contributed by atoms with E-state index in [1.807, 2.05) is 6.92 Å². The van der Waals surface area contributed by atoms with E-state index >= 15 is 0 Å². The summed E-state index contributed by atoms with van der Waals surface area (Å²) in [4.78, 5) is 24.6. The number of carbonyl (C=O) groups is 2. The second kappa shape index (κ2) is 10.7. The molecule has 1 aliphatic rings. The Hall–Kier alpha value is -1.92. The summed E-state index contributed by atoms with van der Waals surface area (Å²) in [6.45, 7) is 12.4. The van der Waals surface area contributed by atoms with Gasteiger partial charge in [-0.2, -0.15) is 0 Å². The number of allylic oxidation sites excluding steroid dienone is 1. The maximum Gasteiger partial charge on any atom is 0.251 e. The molecule has 0 unspecified atom stereocenters. The second-order valence-corrected chi connectivity index (χ2v) is 5.35. The SMILES string of the molecule is C=C(C)CCOCCOCCNC(=O)CCN1C(=C)C=CC1=O. The summed E-state index contributed by atoms with van der Waals surface area (Å²) in [5.74, 6) is -0.239. The fraction of sp³-hybridized carbons (Fsp3) is 0.529. The van der Waals surface area contributed by atoms with Crippen molar-refractivity contribution in [2.75, 3.05) is 39.5 Å². The molecular formula is C17H26N2O4. The Morgan fingerprint density at radius 1 is 1.17 bits per heavy atom. The van der Waals surface area contributed by atoms with Gasteiger partial charge in [-0.3, -0.25) is 9.59 Å². The van der Waals surface area contributed by atoms with Crippen LogP contribution in [0, 0.1) is 0 Å². The molecule has 2 amide bonds. The highest BCUT2D eigenvalue weighted by Gasteiger charge is 2.18. The van der Waals surface area contributed by atoms with E-state index in [1.165, 1.54) is 11.0 Å². The average Bonchev–Trinajstić information content (AvgIpc) is 2.82. The van der Waals surface area contributed by atoms with Crippen LogP contribution in [0.25, 0.3) is 0 Å². The van der Waals surface area contributed by atoms with Gasteiger partial charge in [-0.25, -0.2) is 0 Å². The maximum atomic E-state index is 11.7. The van der Waals surface area contributed by atoms with Gasteiger partial charge >= 0.3 is 0 Å². The molecule has 23 heavy (non-hydrogen) atoms. The van der Waals surface area contributed by atoms with Crippen LogP contribution < -0.4 is 5.32 Å². The van der Waals surface area contributed by atoms with Crippen molar-refractivity contribution in [3.05, 3.63) is 36.6 Å². The van der Waals surface area contributed by atoms with E-state index in [1.54, 1.807) is 6.08 Å². The number of nitrogens with one attached hydrogen (secondary N) is 1. The van der Waals surface area contributed by atoms with Gasteiger partial charge in [-0.05, 0) is 19.4 Å². The molecule has 0 fully saturated rings. The predicted octanol–water partition coefficient (Wildman–Crippen LogP) is 1.40. The van der Waals surface area contributed by atoms with E-state index in [0.717, 1.165) is 12.0 Å². The Morgan fingerprint density at radius 2 is 1.87 bits per heavy atom. The van der Waals surface area contributed by atoms with Gasteiger partial charge in [0.1, 0.15) is 0 Å². The molecule has 0 aromatic heterocycles. The fourth-order valence-corrected chi connectivity index (χ4v) is 1.88. The summed E-state index contributed by atoms with van der Waals surface area (Å²) < 4.78 is 10.7. The van der Waals surface area contributed by atoms with Crippen LogP contribution in [0.1, 0.15) is 19.8 Å². The van der Waals surface area contributed by atoms with Crippen molar-refractivity contribution in [1.29, 1.82) is 0 Å². The molecule has 6 nitrogen and oxygen atoms in total. The zero-order valence-corrected chi connectivity index (χ0v) is 13.8. The Bertz CT molecular complexity index is 453. The zero-order valence-electron chi connectivity index (χ0n) is 13.8. The van der Waals surface area contributed by atoms with E-state index in [4.69, 9.17) is 9.47 Å². The van der Waals surface area contributed by atoms with Crippen LogP contribution in [0.2, 0.25) is 0 Å². The minimum absolute atomic E-state index is 0.112. The van der Waals surface area contributed by atoms with Gasteiger partial charge in [-0.1, -0.05) is 12.2 Å². The van der Waals surface area contributed by atoms with Gasteiger partial charge in [0.15, 0.2) is 0 Å². The van der Waals surface area contributed by atoms with Crippen molar-refractivity contribution in [2.45, 2.75) is 19.8 Å². The van der Waals surface area contributed by atoms with Crippen LogP contribution in [0.3, 0.4) is 0 Å². The number of hydrogen-bond acceptors (Lipinski definition) is 4. The number of carbonyl (C=O) groups excluding carboxylic acids is 2. The lowest BCUT2D eigenvalue weighted by atomic mass is 10.3. The van der Waals surface area contributed by atoms with Crippen LogP contribution in [0.4, 0.5) is 0 Å². The van der Waals surface area contributed by atoms with E-state index in [0.29, 0.717) is 45.2 Å². The smallest absolute Gasteiger partial charge is 0.251 e. The Morgan fingerprint density at radius 3 is 2.48 bits per heavy atom. The first-order valence-corrected chi connectivity index (χ1v) is 7.75. The Labute approximate surface area is 137 Å². The average molecular weight is 322 g/mol. The van der Waals surface area contributed by atoms with E-state index in [9.17, 15) is 9.59 Å². The summed E-state index contributed by atoms with van der Waals surface area (Å²) in [5, 5.41) is 2.75. The molecule has 0 aromatic carbocycles. The molecule has 1 aliphatic heterocycles. The minimum atomic E-state index is -0.127. The van der Waals surface area contributed by atoms with Crippen molar-refractivity contribution < 1.29 is 19.1 Å². The molecule has 0 bridgehead atoms. The quantitative estimate of drug-likeness (QED) is 0.436. The summed E-state index contributed by atoms with van der Waals surface area (Å²) in [7, 11) is 0. The normalized spacial score (nSPS) is 13.7. The topological polar surface area (TPSA) is 67.9 Å². The van der Waals surface area contributed by atoms with Crippen LogP contribution >= 0.6 is 0 Å². The number of rotatable bonds is 12. The van der Waals surface area contributed by atoms with Crippen LogP contribution in [0.15, 0.2) is 36.6 Å². The van der Waals surface area contributed by atoms with Crippen molar-refractivity contribution in [1.82, 2.24) is 10.2 Å². The monoisotopic (exact) mass is 322 g/mol. The van der Waals surface area contributed by atoms with E-state index in [2.05, 4.69) is 18.5 Å². The third-order valence-electron chi connectivity index (χ3n) is 3.21. The summed E-state index contributed by atoms with van der Waals surface area (Å²) in [5.41, 5.74) is 1.72. The first kappa shape index (κ1) is 19.1. The molecule has 1 N–H and O–H groups in total. The molecule has 1 heterocycles. The second-order valence-electron chi connectivity index (χ2n) is 5.35. The number of hydrogen-bond donors (Lipinski definition) is 1.